The number of rotatable bonds is 6. The van der Waals surface area contributed by atoms with Crippen LogP contribution in [0.3, 0.4) is 0 Å². The van der Waals surface area contributed by atoms with Crippen LogP contribution in [0, 0.1) is 5.41 Å². The maximum Gasteiger partial charge on any atom is 0.321 e. The van der Waals surface area contributed by atoms with E-state index >= 15 is 0 Å². The second-order valence-electron chi connectivity index (χ2n) is 8.20. The van der Waals surface area contributed by atoms with E-state index in [1.54, 1.807) is 0 Å². The first-order valence-electron chi connectivity index (χ1n) is 10.4. The SMILES string of the molecule is COC(=O)[C@@]1(CCN2CCOCC2)C(=O)C[C@H]2CC[C@@H]1N2Cc1ccccc1. The van der Waals surface area contributed by atoms with E-state index in [4.69, 9.17) is 9.47 Å². The number of piperidine rings is 1. The zero-order valence-electron chi connectivity index (χ0n) is 16.6. The molecule has 3 aliphatic heterocycles. The Bertz CT molecular complexity index is 704. The number of nitrogens with zero attached hydrogens (tertiary/aromatic N) is 2. The number of hydrogen-bond donors (Lipinski definition) is 0. The van der Waals surface area contributed by atoms with Crippen molar-refractivity contribution in [1.82, 2.24) is 9.80 Å². The molecule has 3 heterocycles. The van der Waals surface area contributed by atoms with Crippen molar-refractivity contribution in [3.63, 3.8) is 0 Å². The number of fused-ring (bicyclic) bond motifs is 2. The maximum atomic E-state index is 13.3. The standard InChI is InChI=1S/C22H30N2O4/c1-27-21(26)22(9-10-23-11-13-28-14-12-23)19-8-7-18(15-20(22)25)24(19)16-17-5-3-2-4-6-17/h2-6,18-19H,7-16H2,1H3/t18-,19+,22-/m1/s1. The maximum absolute atomic E-state index is 13.3. The number of benzene rings is 1. The Labute approximate surface area is 166 Å². The molecule has 0 amide bonds. The van der Waals surface area contributed by atoms with Crippen molar-refractivity contribution in [2.45, 2.75) is 44.3 Å². The van der Waals surface area contributed by atoms with Crippen LogP contribution in [0.4, 0.5) is 0 Å². The Morgan fingerprint density at radius 3 is 2.68 bits per heavy atom. The summed E-state index contributed by atoms with van der Waals surface area (Å²) in [4.78, 5) is 31.0. The summed E-state index contributed by atoms with van der Waals surface area (Å²) in [6.07, 6.45) is 2.82. The highest BCUT2D eigenvalue weighted by molar-refractivity contribution is 6.05. The fraction of sp³-hybridized carbons (Fsp3) is 0.636. The van der Waals surface area contributed by atoms with Gasteiger partial charge in [-0.1, -0.05) is 30.3 Å². The van der Waals surface area contributed by atoms with E-state index in [-0.39, 0.29) is 23.8 Å². The van der Waals surface area contributed by atoms with E-state index in [1.807, 2.05) is 18.2 Å². The second kappa shape index (κ2) is 8.31. The van der Waals surface area contributed by atoms with Gasteiger partial charge in [-0.2, -0.15) is 0 Å². The van der Waals surface area contributed by atoms with Gasteiger partial charge in [-0.3, -0.25) is 19.4 Å². The van der Waals surface area contributed by atoms with Crippen molar-refractivity contribution in [3.05, 3.63) is 35.9 Å². The molecule has 28 heavy (non-hydrogen) atoms. The fourth-order valence-corrected chi connectivity index (χ4v) is 5.30. The van der Waals surface area contributed by atoms with E-state index in [0.29, 0.717) is 26.1 Å². The molecule has 0 saturated carbocycles. The predicted molar refractivity (Wildman–Crippen MR) is 105 cm³/mol. The van der Waals surface area contributed by atoms with Crippen molar-refractivity contribution < 1.29 is 19.1 Å². The monoisotopic (exact) mass is 386 g/mol. The molecule has 0 spiro atoms. The Morgan fingerprint density at radius 2 is 1.96 bits per heavy atom. The van der Waals surface area contributed by atoms with Gasteiger partial charge in [-0.25, -0.2) is 0 Å². The molecule has 3 aliphatic rings. The highest BCUT2D eigenvalue weighted by Crippen LogP contribution is 2.48. The molecule has 6 heteroatoms. The van der Waals surface area contributed by atoms with Crippen molar-refractivity contribution in [3.8, 4) is 0 Å². The highest BCUT2D eigenvalue weighted by atomic mass is 16.5. The van der Waals surface area contributed by atoms with Crippen LogP contribution in [0.25, 0.3) is 0 Å². The summed E-state index contributed by atoms with van der Waals surface area (Å²) in [5, 5.41) is 0. The van der Waals surface area contributed by atoms with Crippen molar-refractivity contribution in [2.75, 3.05) is 40.0 Å². The summed E-state index contributed by atoms with van der Waals surface area (Å²) < 4.78 is 10.7. The van der Waals surface area contributed by atoms with Gasteiger partial charge in [0.15, 0.2) is 5.78 Å². The lowest BCUT2D eigenvalue weighted by Gasteiger charge is -2.46. The van der Waals surface area contributed by atoms with Gasteiger partial charge in [0, 0.05) is 38.1 Å². The molecule has 0 aliphatic carbocycles. The Morgan fingerprint density at radius 1 is 1.21 bits per heavy atom. The fourth-order valence-electron chi connectivity index (χ4n) is 5.30. The average Bonchev–Trinajstić information content (AvgIpc) is 3.04. The molecule has 0 aromatic heterocycles. The number of carbonyl (C=O) groups excluding carboxylic acids is 2. The molecule has 1 aromatic rings. The number of methoxy groups -OCH3 is 1. The lowest BCUT2D eigenvalue weighted by atomic mass is 9.70. The summed E-state index contributed by atoms with van der Waals surface area (Å²) in [6, 6.07) is 10.5. The number of ether oxygens (including phenoxy) is 2. The van der Waals surface area contributed by atoms with Crippen LogP contribution in [0.5, 0.6) is 0 Å². The van der Waals surface area contributed by atoms with E-state index in [2.05, 4.69) is 21.9 Å². The van der Waals surface area contributed by atoms with Gasteiger partial charge < -0.3 is 9.47 Å². The summed E-state index contributed by atoms with van der Waals surface area (Å²) in [6.45, 7) is 4.64. The third kappa shape index (κ3) is 3.49. The zero-order chi connectivity index (χ0) is 19.6. The lowest BCUT2D eigenvalue weighted by Crippen LogP contribution is -2.61. The minimum absolute atomic E-state index is 0.0735. The predicted octanol–water partition coefficient (Wildman–Crippen LogP) is 1.87. The van der Waals surface area contributed by atoms with Gasteiger partial charge >= 0.3 is 5.97 Å². The van der Waals surface area contributed by atoms with Crippen molar-refractivity contribution >= 4 is 11.8 Å². The summed E-state index contributed by atoms with van der Waals surface area (Å²) in [5.41, 5.74) is 0.176. The molecule has 3 atom stereocenters. The summed E-state index contributed by atoms with van der Waals surface area (Å²) in [5.74, 6) is -0.279. The van der Waals surface area contributed by atoms with Crippen LogP contribution in [0.15, 0.2) is 30.3 Å². The average molecular weight is 386 g/mol. The first-order valence-corrected chi connectivity index (χ1v) is 10.4. The van der Waals surface area contributed by atoms with Gasteiger partial charge in [0.2, 0.25) is 0 Å². The molecule has 6 nitrogen and oxygen atoms in total. The van der Waals surface area contributed by atoms with Crippen LogP contribution >= 0.6 is 0 Å². The molecule has 2 bridgehead atoms. The van der Waals surface area contributed by atoms with Crippen LogP contribution in [0.2, 0.25) is 0 Å². The zero-order valence-corrected chi connectivity index (χ0v) is 16.6. The Balaban J connectivity index is 1.59. The van der Waals surface area contributed by atoms with Gasteiger partial charge in [0.25, 0.3) is 0 Å². The molecular formula is C22H30N2O4. The molecule has 0 unspecified atom stereocenters. The van der Waals surface area contributed by atoms with Crippen LogP contribution in [0.1, 0.15) is 31.2 Å². The smallest absolute Gasteiger partial charge is 0.321 e. The molecule has 152 valence electrons. The number of hydrogen-bond acceptors (Lipinski definition) is 6. The minimum Gasteiger partial charge on any atom is -0.468 e. The van der Waals surface area contributed by atoms with Crippen LogP contribution < -0.4 is 0 Å². The third-order valence-electron chi connectivity index (χ3n) is 6.81. The molecule has 0 radical (unpaired) electrons. The number of ketones is 1. The summed E-state index contributed by atoms with van der Waals surface area (Å²) >= 11 is 0. The molecule has 3 saturated heterocycles. The third-order valence-corrected chi connectivity index (χ3v) is 6.81. The van der Waals surface area contributed by atoms with E-state index in [1.165, 1.54) is 12.7 Å². The number of morpholine rings is 1. The Hall–Kier alpha value is -1.76. The highest BCUT2D eigenvalue weighted by Gasteiger charge is 2.61. The van der Waals surface area contributed by atoms with E-state index in [0.717, 1.165) is 39.0 Å². The second-order valence-corrected chi connectivity index (χ2v) is 8.20. The van der Waals surface area contributed by atoms with Gasteiger partial charge in [-0.15, -0.1) is 0 Å². The van der Waals surface area contributed by atoms with E-state index < -0.39 is 5.41 Å². The minimum atomic E-state index is -1.05. The summed E-state index contributed by atoms with van der Waals surface area (Å²) in [7, 11) is 1.41. The van der Waals surface area contributed by atoms with Crippen molar-refractivity contribution in [2.24, 2.45) is 5.41 Å². The molecule has 1 aromatic carbocycles. The Kier molecular flexibility index (Phi) is 5.80. The molecular weight excluding hydrogens is 356 g/mol. The first kappa shape index (κ1) is 19.6. The first-order chi connectivity index (χ1) is 13.6. The quantitative estimate of drug-likeness (QED) is 0.550. The topological polar surface area (TPSA) is 59.1 Å². The van der Waals surface area contributed by atoms with Crippen LogP contribution in [-0.4, -0.2) is 73.6 Å². The largest absolute Gasteiger partial charge is 0.468 e. The van der Waals surface area contributed by atoms with Gasteiger partial charge in [0.05, 0.1) is 20.3 Å². The lowest BCUT2D eigenvalue weighted by molar-refractivity contribution is -0.168. The molecule has 3 fully saturated rings. The van der Waals surface area contributed by atoms with Crippen LogP contribution in [-0.2, 0) is 25.6 Å². The molecule has 4 rings (SSSR count). The number of carbonyl (C=O) groups is 2. The number of Topliss-reactive ketones (excluding diaryl/α,β-unsaturated/α-hetero) is 1. The normalized spacial score (nSPS) is 31.1. The van der Waals surface area contributed by atoms with Gasteiger partial charge in [-0.05, 0) is 31.4 Å². The molecule has 0 N–H and O–H groups in total. The number of esters is 1. The van der Waals surface area contributed by atoms with Crippen molar-refractivity contribution in [1.29, 1.82) is 0 Å². The van der Waals surface area contributed by atoms with E-state index in [9.17, 15) is 9.59 Å². The van der Waals surface area contributed by atoms with Gasteiger partial charge in [0.1, 0.15) is 5.41 Å².